The van der Waals surface area contributed by atoms with E-state index in [1.807, 2.05) is 36.4 Å². The van der Waals surface area contributed by atoms with Crippen LogP contribution in [0.15, 0.2) is 59.4 Å². The molecule has 5 nitrogen and oxygen atoms in total. The minimum absolute atomic E-state index is 0.0651. The number of nitrogens with one attached hydrogen (secondary N) is 1. The quantitative estimate of drug-likeness (QED) is 0.796. The van der Waals surface area contributed by atoms with Gasteiger partial charge in [-0.2, -0.15) is 0 Å². The number of morpholine rings is 1. The molecular weight excluding hydrogens is 314 g/mol. The molecule has 1 aliphatic heterocycles. The molecule has 1 unspecified atom stereocenters. The van der Waals surface area contributed by atoms with Crippen molar-refractivity contribution in [2.24, 2.45) is 0 Å². The zero-order valence-electron chi connectivity index (χ0n) is 14.0. The fraction of sp³-hybridized carbons (Fsp3) is 0.300. The van der Waals surface area contributed by atoms with Crippen molar-refractivity contribution in [1.82, 2.24) is 14.9 Å². The Hall–Kier alpha value is -2.50. The molecule has 2 aromatic carbocycles. The van der Waals surface area contributed by atoms with Gasteiger partial charge >= 0.3 is 0 Å². The first-order valence-corrected chi connectivity index (χ1v) is 8.66. The molecule has 1 N–H and O–H groups in total. The highest BCUT2D eigenvalue weighted by Gasteiger charge is 2.21. The Kier molecular flexibility index (Phi) is 4.59. The minimum Gasteiger partial charge on any atom is -0.371 e. The van der Waals surface area contributed by atoms with Crippen molar-refractivity contribution in [2.75, 3.05) is 26.2 Å². The summed E-state index contributed by atoms with van der Waals surface area (Å²) in [6.45, 7) is 3.35. The Morgan fingerprint density at radius 3 is 2.80 bits per heavy atom. The molecule has 1 fully saturated rings. The van der Waals surface area contributed by atoms with Crippen LogP contribution < -0.4 is 5.56 Å². The van der Waals surface area contributed by atoms with Gasteiger partial charge in [0, 0.05) is 26.1 Å². The van der Waals surface area contributed by atoms with E-state index in [4.69, 9.17) is 4.74 Å². The van der Waals surface area contributed by atoms with Crippen LogP contribution in [0.4, 0.5) is 0 Å². The van der Waals surface area contributed by atoms with E-state index in [0.29, 0.717) is 5.39 Å². The standard InChI is InChI=1S/C20H21N3O2/c24-20-16-8-4-5-9-17(16)21-19(22-20)10-11-23-12-13-25-18(14-23)15-6-2-1-3-7-15/h1-9,18H,10-14H2,(H,21,22,24). The fourth-order valence-corrected chi connectivity index (χ4v) is 3.29. The van der Waals surface area contributed by atoms with Gasteiger partial charge in [0.25, 0.3) is 5.56 Å². The van der Waals surface area contributed by atoms with Crippen LogP contribution >= 0.6 is 0 Å². The SMILES string of the molecule is O=c1[nH]c(CCN2CCOC(c3ccccc3)C2)nc2ccccc12. The fourth-order valence-electron chi connectivity index (χ4n) is 3.29. The van der Waals surface area contributed by atoms with Crippen molar-refractivity contribution in [2.45, 2.75) is 12.5 Å². The highest BCUT2D eigenvalue weighted by atomic mass is 16.5. The maximum absolute atomic E-state index is 12.2. The molecule has 1 aromatic heterocycles. The van der Waals surface area contributed by atoms with Gasteiger partial charge in [-0.15, -0.1) is 0 Å². The first kappa shape index (κ1) is 16.0. The predicted octanol–water partition coefficient (Wildman–Crippen LogP) is 2.54. The van der Waals surface area contributed by atoms with E-state index < -0.39 is 0 Å². The highest BCUT2D eigenvalue weighted by molar-refractivity contribution is 5.77. The number of hydrogen-bond acceptors (Lipinski definition) is 4. The average Bonchev–Trinajstić information content (AvgIpc) is 2.67. The summed E-state index contributed by atoms with van der Waals surface area (Å²) in [6, 6.07) is 17.8. The molecule has 0 radical (unpaired) electrons. The second-order valence-electron chi connectivity index (χ2n) is 6.35. The van der Waals surface area contributed by atoms with Crippen LogP contribution in [0.1, 0.15) is 17.5 Å². The number of nitrogens with zero attached hydrogens (tertiary/aromatic N) is 2. The zero-order chi connectivity index (χ0) is 17.1. The second-order valence-corrected chi connectivity index (χ2v) is 6.35. The summed E-state index contributed by atoms with van der Waals surface area (Å²) in [6.07, 6.45) is 0.834. The van der Waals surface area contributed by atoms with Gasteiger partial charge in [0.1, 0.15) is 5.82 Å². The first-order valence-electron chi connectivity index (χ1n) is 8.66. The third kappa shape index (κ3) is 3.62. The largest absolute Gasteiger partial charge is 0.371 e. The number of para-hydroxylation sites is 1. The minimum atomic E-state index is -0.0651. The van der Waals surface area contributed by atoms with Crippen LogP contribution in [-0.2, 0) is 11.2 Å². The van der Waals surface area contributed by atoms with E-state index in [1.54, 1.807) is 6.07 Å². The van der Waals surface area contributed by atoms with Gasteiger partial charge in [-0.25, -0.2) is 4.98 Å². The lowest BCUT2D eigenvalue weighted by Crippen LogP contribution is -2.39. The number of H-pyrrole nitrogens is 1. The van der Waals surface area contributed by atoms with Crippen LogP contribution in [0.25, 0.3) is 10.9 Å². The van der Waals surface area contributed by atoms with Crippen LogP contribution in [0.5, 0.6) is 0 Å². The summed E-state index contributed by atoms with van der Waals surface area (Å²) >= 11 is 0. The normalized spacial score (nSPS) is 18.5. The number of fused-ring (bicyclic) bond motifs is 1. The van der Waals surface area contributed by atoms with Crippen molar-refractivity contribution in [3.05, 3.63) is 76.3 Å². The Morgan fingerprint density at radius 1 is 1.12 bits per heavy atom. The lowest BCUT2D eigenvalue weighted by molar-refractivity contribution is -0.0296. The van der Waals surface area contributed by atoms with Crippen molar-refractivity contribution in [3.63, 3.8) is 0 Å². The van der Waals surface area contributed by atoms with Gasteiger partial charge in [0.05, 0.1) is 23.6 Å². The summed E-state index contributed by atoms with van der Waals surface area (Å²) < 4.78 is 5.91. The number of ether oxygens (including phenoxy) is 1. The molecule has 0 aliphatic carbocycles. The van der Waals surface area contributed by atoms with Gasteiger partial charge in [-0.1, -0.05) is 42.5 Å². The predicted molar refractivity (Wildman–Crippen MR) is 97.6 cm³/mol. The zero-order valence-corrected chi connectivity index (χ0v) is 14.0. The molecule has 25 heavy (non-hydrogen) atoms. The topological polar surface area (TPSA) is 58.2 Å². The molecule has 5 heteroatoms. The van der Waals surface area contributed by atoms with Crippen molar-refractivity contribution in [1.29, 1.82) is 0 Å². The average molecular weight is 335 g/mol. The van der Waals surface area contributed by atoms with Crippen molar-refractivity contribution >= 4 is 10.9 Å². The second kappa shape index (κ2) is 7.17. The molecule has 0 amide bonds. The lowest BCUT2D eigenvalue weighted by Gasteiger charge is -2.33. The maximum atomic E-state index is 12.2. The van der Waals surface area contributed by atoms with E-state index in [1.165, 1.54) is 5.56 Å². The molecule has 3 aromatic rings. The van der Waals surface area contributed by atoms with Gasteiger partial charge in [0.2, 0.25) is 0 Å². The van der Waals surface area contributed by atoms with Crippen LogP contribution in [0.3, 0.4) is 0 Å². The smallest absolute Gasteiger partial charge is 0.258 e. The monoisotopic (exact) mass is 335 g/mol. The summed E-state index contributed by atoms with van der Waals surface area (Å²) in [7, 11) is 0. The van der Waals surface area contributed by atoms with Gasteiger partial charge in [-0.05, 0) is 17.7 Å². The molecule has 1 aliphatic rings. The molecule has 0 bridgehead atoms. The van der Waals surface area contributed by atoms with Gasteiger partial charge < -0.3 is 9.72 Å². The van der Waals surface area contributed by atoms with Crippen LogP contribution in [0.2, 0.25) is 0 Å². The van der Waals surface area contributed by atoms with Crippen molar-refractivity contribution in [3.8, 4) is 0 Å². The third-order valence-corrected chi connectivity index (χ3v) is 4.65. The molecule has 128 valence electrons. The number of hydrogen-bond donors (Lipinski definition) is 1. The number of aromatic amines is 1. The number of benzene rings is 2. The summed E-state index contributed by atoms with van der Waals surface area (Å²) in [5.74, 6) is 0.742. The molecule has 0 spiro atoms. The summed E-state index contributed by atoms with van der Waals surface area (Å²) in [4.78, 5) is 22.0. The van der Waals surface area contributed by atoms with E-state index >= 15 is 0 Å². The Morgan fingerprint density at radius 2 is 1.92 bits per heavy atom. The summed E-state index contributed by atoms with van der Waals surface area (Å²) in [5.41, 5.74) is 1.90. The molecule has 1 atom stereocenters. The lowest BCUT2D eigenvalue weighted by atomic mass is 10.1. The van der Waals surface area contributed by atoms with E-state index in [2.05, 4.69) is 27.0 Å². The van der Waals surface area contributed by atoms with Crippen LogP contribution in [0, 0.1) is 0 Å². The van der Waals surface area contributed by atoms with Crippen LogP contribution in [-0.4, -0.2) is 41.1 Å². The van der Waals surface area contributed by atoms with E-state index in [-0.39, 0.29) is 11.7 Å². The Balaban J connectivity index is 1.43. The number of rotatable bonds is 4. The van der Waals surface area contributed by atoms with Gasteiger partial charge in [0.15, 0.2) is 0 Å². The Bertz CT molecular complexity index is 907. The molecule has 4 rings (SSSR count). The molecule has 2 heterocycles. The first-order chi connectivity index (χ1) is 12.3. The van der Waals surface area contributed by atoms with Gasteiger partial charge in [-0.3, -0.25) is 9.69 Å². The van der Waals surface area contributed by atoms with E-state index in [9.17, 15) is 4.79 Å². The van der Waals surface area contributed by atoms with Crippen molar-refractivity contribution < 1.29 is 4.74 Å². The molecule has 1 saturated heterocycles. The highest BCUT2D eigenvalue weighted by Crippen LogP contribution is 2.21. The summed E-state index contributed by atoms with van der Waals surface area (Å²) in [5, 5.41) is 0.641. The van der Waals surface area contributed by atoms with E-state index in [0.717, 1.165) is 44.0 Å². The molecular formula is C20H21N3O2. The third-order valence-electron chi connectivity index (χ3n) is 4.65. The molecule has 0 saturated carbocycles. The number of aromatic nitrogens is 2. The Labute approximate surface area is 146 Å². The maximum Gasteiger partial charge on any atom is 0.258 e.